The van der Waals surface area contributed by atoms with Gasteiger partial charge in [0.15, 0.2) is 0 Å². The Morgan fingerprint density at radius 2 is 2.06 bits per heavy atom. The van der Waals surface area contributed by atoms with Crippen LogP contribution < -0.4 is 5.32 Å². The minimum absolute atomic E-state index is 0.382. The van der Waals surface area contributed by atoms with Crippen LogP contribution in [0.15, 0.2) is 22.7 Å². The van der Waals surface area contributed by atoms with Crippen LogP contribution in [0, 0.1) is 11.3 Å². The van der Waals surface area contributed by atoms with Crippen LogP contribution in [0.1, 0.15) is 25.7 Å². The smallest absolute Gasteiger partial charge is 0.125 e. The molecule has 0 radical (unpaired) electrons. The Labute approximate surface area is 109 Å². The van der Waals surface area contributed by atoms with Gasteiger partial charge in [0.05, 0.1) is 11.1 Å². The number of halogens is 2. The molecule has 1 N–H and O–H groups in total. The van der Waals surface area contributed by atoms with Crippen molar-refractivity contribution in [1.82, 2.24) is 0 Å². The third-order valence-corrected chi connectivity index (χ3v) is 4.19. The molecule has 1 aliphatic rings. The van der Waals surface area contributed by atoms with E-state index in [0.29, 0.717) is 5.02 Å². The molecule has 0 unspecified atom stereocenters. The van der Waals surface area contributed by atoms with Crippen molar-refractivity contribution in [2.24, 2.45) is 0 Å². The topological polar surface area (TPSA) is 35.8 Å². The molecule has 0 saturated heterocycles. The largest absolute Gasteiger partial charge is 0.367 e. The summed E-state index contributed by atoms with van der Waals surface area (Å²) >= 11 is 9.31. The van der Waals surface area contributed by atoms with E-state index in [1.807, 2.05) is 18.2 Å². The molecule has 2 rings (SSSR count). The van der Waals surface area contributed by atoms with Crippen LogP contribution in [-0.2, 0) is 0 Å². The van der Waals surface area contributed by atoms with E-state index < -0.39 is 0 Å². The summed E-state index contributed by atoms with van der Waals surface area (Å²) in [5.74, 6) is 0. The quantitative estimate of drug-likeness (QED) is 0.881. The first kappa shape index (κ1) is 11.8. The van der Waals surface area contributed by atoms with E-state index in [1.54, 1.807) is 0 Å². The van der Waals surface area contributed by atoms with E-state index in [2.05, 4.69) is 27.3 Å². The first-order valence-corrected chi connectivity index (χ1v) is 6.47. The molecule has 2 nitrogen and oxygen atoms in total. The average molecular weight is 300 g/mol. The molecule has 0 atom stereocenters. The number of nitriles is 1. The van der Waals surface area contributed by atoms with Crippen LogP contribution in [0.25, 0.3) is 0 Å². The molecular formula is C12H12BrClN2. The third-order valence-electron chi connectivity index (χ3n) is 2.97. The summed E-state index contributed by atoms with van der Waals surface area (Å²) in [6.07, 6.45) is 4.08. The van der Waals surface area contributed by atoms with Gasteiger partial charge in [-0.2, -0.15) is 5.26 Å². The third kappa shape index (κ3) is 2.34. The standard InChI is InChI=1S/C12H12BrClN2/c13-10-7-9(3-4-11(10)14)16-12(8-15)5-1-2-6-12/h3-4,7,16H,1-2,5-6H2. The zero-order valence-corrected chi connectivity index (χ0v) is 11.1. The minimum Gasteiger partial charge on any atom is -0.367 e. The predicted molar refractivity (Wildman–Crippen MR) is 69.6 cm³/mol. The number of hydrogen-bond donors (Lipinski definition) is 1. The lowest BCUT2D eigenvalue weighted by molar-refractivity contribution is 0.613. The maximum atomic E-state index is 9.25. The van der Waals surface area contributed by atoms with Gasteiger partial charge in [-0.1, -0.05) is 11.6 Å². The molecule has 1 aliphatic carbocycles. The Morgan fingerprint density at radius 1 is 1.38 bits per heavy atom. The zero-order valence-electron chi connectivity index (χ0n) is 8.76. The Hall–Kier alpha value is -0.720. The van der Waals surface area contributed by atoms with Crippen molar-refractivity contribution in [3.8, 4) is 6.07 Å². The predicted octanol–water partition coefficient (Wildman–Crippen LogP) is 4.35. The first-order valence-electron chi connectivity index (χ1n) is 5.30. The molecule has 0 aromatic heterocycles. The fraction of sp³-hybridized carbons (Fsp3) is 0.417. The fourth-order valence-electron chi connectivity index (χ4n) is 2.09. The Morgan fingerprint density at radius 3 is 2.62 bits per heavy atom. The minimum atomic E-state index is -0.382. The molecule has 0 aliphatic heterocycles. The molecule has 1 saturated carbocycles. The number of nitrogens with zero attached hydrogens (tertiary/aromatic N) is 1. The van der Waals surface area contributed by atoms with E-state index in [1.165, 1.54) is 0 Å². The van der Waals surface area contributed by atoms with Crippen molar-refractivity contribution in [3.05, 3.63) is 27.7 Å². The Kier molecular flexibility index (Phi) is 3.41. The van der Waals surface area contributed by atoms with Crippen LogP contribution in [0.3, 0.4) is 0 Å². The summed E-state index contributed by atoms with van der Waals surface area (Å²) in [4.78, 5) is 0. The normalized spacial score (nSPS) is 18.1. The molecule has 0 bridgehead atoms. The van der Waals surface area contributed by atoms with Gasteiger partial charge in [0, 0.05) is 10.2 Å². The van der Waals surface area contributed by atoms with Crippen LogP contribution in [0.5, 0.6) is 0 Å². The highest BCUT2D eigenvalue weighted by atomic mass is 79.9. The number of hydrogen-bond acceptors (Lipinski definition) is 2. The molecular weight excluding hydrogens is 288 g/mol. The molecule has 84 valence electrons. The lowest BCUT2D eigenvalue weighted by atomic mass is 9.99. The van der Waals surface area contributed by atoms with Gasteiger partial charge in [0.1, 0.15) is 5.54 Å². The molecule has 16 heavy (non-hydrogen) atoms. The molecule has 4 heteroatoms. The maximum absolute atomic E-state index is 9.25. The summed E-state index contributed by atoms with van der Waals surface area (Å²) in [6.45, 7) is 0. The van der Waals surface area contributed by atoms with Gasteiger partial charge in [-0.3, -0.25) is 0 Å². The number of rotatable bonds is 2. The summed E-state index contributed by atoms with van der Waals surface area (Å²) in [5, 5.41) is 13.3. The SMILES string of the molecule is N#CC1(Nc2ccc(Cl)c(Br)c2)CCCC1. The second-order valence-electron chi connectivity index (χ2n) is 4.15. The molecule has 0 spiro atoms. The van der Waals surface area contributed by atoms with E-state index in [0.717, 1.165) is 35.8 Å². The van der Waals surface area contributed by atoms with Crippen molar-refractivity contribution >= 4 is 33.2 Å². The number of benzene rings is 1. The second-order valence-corrected chi connectivity index (χ2v) is 5.42. The molecule has 1 aromatic rings. The number of anilines is 1. The van der Waals surface area contributed by atoms with Crippen LogP contribution in [0.4, 0.5) is 5.69 Å². The Balaban J connectivity index is 2.20. The van der Waals surface area contributed by atoms with Gasteiger partial charge in [0.2, 0.25) is 0 Å². The zero-order chi connectivity index (χ0) is 11.6. The first-order chi connectivity index (χ1) is 7.65. The summed E-state index contributed by atoms with van der Waals surface area (Å²) in [7, 11) is 0. The maximum Gasteiger partial charge on any atom is 0.125 e. The summed E-state index contributed by atoms with van der Waals surface area (Å²) in [6, 6.07) is 8.05. The van der Waals surface area contributed by atoms with E-state index in [9.17, 15) is 5.26 Å². The number of nitrogens with one attached hydrogen (secondary N) is 1. The lowest BCUT2D eigenvalue weighted by Crippen LogP contribution is -2.32. The molecule has 0 amide bonds. The van der Waals surface area contributed by atoms with Crippen LogP contribution >= 0.6 is 27.5 Å². The highest BCUT2D eigenvalue weighted by Crippen LogP contribution is 2.34. The summed E-state index contributed by atoms with van der Waals surface area (Å²) in [5.41, 5.74) is 0.563. The van der Waals surface area contributed by atoms with Crippen molar-refractivity contribution < 1.29 is 0 Å². The van der Waals surface area contributed by atoms with Gasteiger partial charge in [0.25, 0.3) is 0 Å². The van der Waals surface area contributed by atoms with Crippen LogP contribution in [-0.4, -0.2) is 5.54 Å². The second kappa shape index (κ2) is 4.65. The van der Waals surface area contributed by atoms with E-state index in [-0.39, 0.29) is 5.54 Å². The van der Waals surface area contributed by atoms with Crippen molar-refractivity contribution in [3.63, 3.8) is 0 Å². The average Bonchev–Trinajstić information content (AvgIpc) is 2.73. The molecule has 1 fully saturated rings. The van der Waals surface area contributed by atoms with Gasteiger partial charge in [-0.25, -0.2) is 0 Å². The van der Waals surface area contributed by atoms with Crippen molar-refractivity contribution in [2.75, 3.05) is 5.32 Å². The van der Waals surface area contributed by atoms with Crippen molar-refractivity contribution in [2.45, 2.75) is 31.2 Å². The van der Waals surface area contributed by atoms with Crippen LogP contribution in [0.2, 0.25) is 5.02 Å². The van der Waals surface area contributed by atoms with Gasteiger partial charge >= 0.3 is 0 Å². The van der Waals surface area contributed by atoms with E-state index in [4.69, 9.17) is 11.6 Å². The molecule has 0 heterocycles. The van der Waals surface area contributed by atoms with Gasteiger partial charge in [-0.15, -0.1) is 0 Å². The Bertz CT molecular complexity index is 433. The van der Waals surface area contributed by atoms with Crippen molar-refractivity contribution in [1.29, 1.82) is 5.26 Å². The van der Waals surface area contributed by atoms with Gasteiger partial charge in [-0.05, 0) is 59.8 Å². The molecule has 1 aromatic carbocycles. The highest BCUT2D eigenvalue weighted by Gasteiger charge is 2.33. The van der Waals surface area contributed by atoms with E-state index >= 15 is 0 Å². The lowest BCUT2D eigenvalue weighted by Gasteiger charge is -2.23. The highest BCUT2D eigenvalue weighted by molar-refractivity contribution is 9.10. The fourth-order valence-corrected chi connectivity index (χ4v) is 2.59. The van der Waals surface area contributed by atoms with Gasteiger partial charge < -0.3 is 5.32 Å². The summed E-state index contributed by atoms with van der Waals surface area (Å²) < 4.78 is 0.852. The monoisotopic (exact) mass is 298 g/mol.